The van der Waals surface area contributed by atoms with Gasteiger partial charge >= 0.3 is 5.63 Å². The van der Waals surface area contributed by atoms with Crippen molar-refractivity contribution in [2.24, 2.45) is 0 Å². The summed E-state index contributed by atoms with van der Waals surface area (Å²) in [6.45, 7) is 0. The Hall–Kier alpha value is -3.07. The molecule has 0 aliphatic heterocycles. The van der Waals surface area contributed by atoms with Gasteiger partial charge in [-0.05, 0) is 17.0 Å². The van der Waals surface area contributed by atoms with Crippen LogP contribution in [0.3, 0.4) is 0 Å². The van der Waals surface area contributed by atoms with Gasteiger partial charge in [-0.25, -0.2) is 4.79 Å². The summed E-state index contributed by atoms with van der Waals surface area (Å²) >= 11 is 0. The molecular weight excluding hydrogens is 276 g/mol. The smallest absolute Gasteiger partial charge is 0.348 e. The second-order valence-electron chi connectivity index (χ2n) is 5.14. The van der Waals surface area contributed by atoms with E-state index in [9.17, 15) is 9.90 Å². The fourth-order valence-electron chi connectivity index (χ4n) is 2.77. The van der Waals surface area contributed by atoms with E-state index in [1.165, 1.54) is 0 Å². The topological polar surface area (TPSA) is 50.4 Å². The maximum Gasteiger partial charge on any atom is 0.348 e. The van der Waals surface area contributed by atoms with Gasteiger partial charge in [-0.1, -0.05) is 60.7 Å². The molecule has 106 valence electrons. The van der Waals surface area contributed by atoms with Gasteiger partial charge in [-0.15, -0.1) is 0 Å². The van der Waals surface area contributed by atoms with E-state index in [4.69, 9.17) is 4.42 Å². The third-order valence-electron chi connectivity index (χ3n) is 3.83. The minimum atomic E-state index is -0.535. The molecule has 0 spiro atoms. The molecule has 0 unspecified atom stereocenters. The van der Waals surface area contributed by atoms with Crippen molar-refractivity contribution in [2.75, 3.05) is 0 Å². The quantitative estimate of drug-likeness (QED) is 0.419. The van der Waals surface area contributed by atoms with Crippen LogP contribution in [0.4, 0.5) is 0 Å². The predicted octanol–water partition coefficient (Wildman–Crippen LogP) is 4.32. The highest BCUT2D eigenvalue weighted by Gasteiger charge is 2.16. The Kier molecular flexibility index (Phi) is 2.73. The Morgan fingerprint density at radius 2 is 1.50 bits per heavy atom. The number of hydrogen-bond donors (Lipinski definition) is 1. The normalized spacial score (nSPS) is 11.1. The third kappa shape index (κ3) is 1.79. The van der Waals surface area contributed by atoms with E-state index in [0.29, 0.717) is 16.5 Å². The lowest BCUT2D eigenvalue weighted by atomic mass is 10.0. The lowest BCUT2D eigenvalue weighted by Crippen LogP contribution is -2.03. The van der Waals surface area contributed by atoms with E-state index in [-0.39, 0.29) is 11.3 Å². The summed E-state index contributed by atoms with van der Waals surface area (Å²) < 4.78 is 5.53. The first-order chi connectivity index (χ1) is 10.8. The molecule has 0 bridgehead atoms. The maximum atomic E-state index is 12.4. The Balaban J connectivity index is 2.15. The van der Waals surface area contributed by atoms with Crippen molar-refractivity contribution in [3.8, 4) is 16.9 Å². The van der Waals surface area contributed by atoms with Crippen LogP contribution >= 0.6 is 0 Å². The molecule has 3 aromatic carbocycles. The van der Waals surface area contributed by atoms with E-state index in [1.54, 1.807) is 18.2 Å². The van der Waals surface area contributed by atoms with Crippen LogP contribution in [0.5, 0.6) is 5.75 Å². The number of benzene rings is 3. The fourth-order valence-corrected chi connectivity index (χ4v) is 2.77. The van der Waals surface area contributed by atoms with Crippen molar-refractivity contribution in [2.45, 2.75) is 0 Å². The predicted molar refractivity (Wildman–Crippen MR) is 87.1 cm³/mol. The Morgan fingerprint density at radius 1 is 0.773 bits per heavy atom. The summed E-state index contributed by atoms with van der Waals surface area (Å²) in [4.78, 5) is 12.4. The zero-order valence-electron chi connectivity index (χ0n) is 11.6. The van der Waals surface area contributed by atoms with Gasteiger partial charge < -0.3 is 9.52 Å². The molecule has 22 heavy (non-hydrogen) atoms. The van der Waals surface area contributed by atoms with Gasteiger partial charge in [0.15, 0.2) is 0 Å². The van der Waals surface area contributed by atoms with Gasteiger partial charge in [-0.3, -0.25) is 0 Å². The van der Waals surface area contributed by atoms with Crippen LogP contribution in [0.25, 0.3) is 32.9 Å². The average Bonchev–Trinajstić information content (AvgIpc) is 2.56. The Bertz CT molecular complexity index is 1050. The molecule has 3 nitrogen and oxygen atoms in total. The zero-order chi connectivity index (χ0) is 15.1. The van der Waals surface area contributed by atoms with E-state index in [2.05, 4.69) is 0 Å². The molecule has 0 fully saturated rings. The lowest BCUT2D eigenvalue weighted by molar-refractivity contribution is 0.471. The molecule has 0 saturated carbocycles. The molecule has 0 radical (unpaired) electrons. The number of fused-ring (bicyclic) bond motifs is 3. The molecule has 0 aliphatic rings. The van der Waals surface area contributed by atoms with Gasteiger partial charge in [0.1, 0.15) is 16.9 Å². The van der Waals surface area contributed by atoms with Crippen LogP contribution in [-0.2, 0) is 0 Å². The fraction of sp³-hybridized carbons (Fsp3) is 0. The molecule has 0 aliphatic carbocycles. The average molecular weight is 288 g/mol. The van der Waals surface area contributed by atoms with Gasteiger partial charge in [0.05, 0.1) is 5.39 Å². The van der Waals surface area contributed by atoms with E-state index >= 15 is 0 Å². The SMILES string of the molecule is O=c1oc2c(ccc3ccccc32)c(O)c1-c1ccccc1. The van der Waals surface area contributed by atoms with Gasteiger partial charge in [0.25, 0.3) is 0 Å². The van der Waals surface area contributed by atoms with Crippen molar-refractivity contribution in [1.82, 2.24) is 0 Å². The van der Waals surface area contributed by atoms with Crippen molar-refractivity contribution >= 4 is 21.7 Å². The summed E-state index contributed by atoms with van der Waals surface area (Å²) in [7, 11) is 0. The number of rotatable bonds is 1. The number of aromatic hydroxyl groups is 1. The standard InChI is InChI=1S/C19H12O3/c20-17-15-11-10-12-6-4-5-9-14(12)18(15)22-19(21)16(17)13-7-2-1-3-8-13/h1-11,20H. The highest BCUT2D eigenvalue weighted by molar-refractivity contribution is 6.07. The van der Waals surface area contributed by atoms with Crippen LogP contribution in [0.1, 0.15) is 0 Å². The van der Waals surface area contributed by atoms with Crippen LogP contribution in [0, 0.1) is 0 Å². The van der Waals surface area contributed by atoms with E-state index < -0.39 is 5.63 Å². The summed E-state index contributed by atoms with van der Waals surface area (Å²) in [6, 6.07) is 20.4. The molecule has 4 aromatic rings. The molecule has 1 heterocycles. The third-order valence-corrected chi connectivity index (χ3v) is 3.83. The Labute approximate surface area is 126 Å². The first-order valence-electron chi connectivity index (χ1n) is 6.98. The highest BCUT2D eigenvalue weighted by atomic mass is 16.4. The summed E-state index contributed by atoms with van der Waals surface area (Å²) in [6.07, 6.45) is 0. The van der Waals surface area contributed by atoms with Crippen molar-refractivity contribution in [3.05, 3.63) is 77.2 Å². The minimum absolute atomic E-state index is 0.0387. The zero-order valence-corrected chi connectivity index (χ0v) is 11.6. The number of hydrogen-bond acceptors (Lipinski definition) is 3. The van der Waals surface area contributed by atoms with Gasteiger partial charge in [-0.2, -0.15) is 0 Å². The largest absolute Gasteiger partial charge is 0.506 e. The maximum absolute atomic E-state index is 12.4. The molecule has 3 heteroatoms. The molecular formula is C19H12O3. The van der Waals surface area contributed by atoms with Crippen LogP contribution in [0.2, 0.25) is 0 Å². The first-order valence-corrected chi connectivity index (χ1v) is 6.98. The molecule has 1 aromatic heterocycles. The van der Waals surface area contributed by atoms with E-state index in [1.807, 2.05) is 48.5 Å². The van der Waals surface area contributed by atoms with Crippen molar-refractivity contribution in [1.29, 1.82) is 0 Å². The Morgan fingerprint density at radius 3 is 2.32 bits per heavy atom. The monoisotopic (exact) mass is 288 g/mol. The van der Waals surface area contributed by atoms with E-state index in [0.717, 1.165) is 10.8 Å². The van der Waals surface area contributed by atoms with Crippen LogP contribution in [-0.4, -0.2) is 5.11 Å². The molecule has 4 rings (SSSR count). The summed E-state index contributed by atoms with van der Waals surface area (Å²) in [5, 5.41) is 12.9. The second kappa shape index (κ2) is 4.74. The highest BCUT2D eigenvalue weighted by Crippen LogP contribution is 2.35. The summed E-state index contributed by atoms with van der Waals surface area (Å²) in [5.74, 6) is -0.0387. The molecule has 0 amide bonds. The molecule has 0 atom stereocenters. The minimum Gasteiger partial charge on any atom is -0.506 e. The lowest BCUT2D eigenvalue weighted by Gasteiger charge is -2.08. The summed E-state index contributed by atoms with van der Waals surface area (Å²) in [5.41, 5.74) is 0.722. The van der Waals surface area contributed by atoms with Gasteiger partial charge in [0.2, 0.25) is 0 Å². The molecule has 1 N–H and O–H groups in total. The van der Waals surface area contributed by atoms with Crippen LogP contribution < -0.4 is 5.63 Å². The van der Waals surface area contributed by atoms with Crippen molar-refractivity contribution in [3.63, 3.8) is 0 Å². The second-order valence-corrected chi connectivity index (χ2v) is 5.14. The van der Waals surface area contributed by atoms with Crippen molar-refractivity contribution < 1.29 is 9.52 Å². The van der Waals surface area contributed by atoms with Crippen LogP contribution in [0.15, 0.2) is 75.9 Å². The van der Waals surface area contributed by atoms with Gasteiger partial charge in [0, 0.05) is 5.39 Å². The first kappa shape index (κ1) is 12.7. The molecule has 0 saturated heterocycles.